The van der Waals surface area contributed by atoms with Crippen molar-refractivity contribution in [2.75, 3.05) is 34.0 Å². The average molecular weight is 661 g/mol. The van der Waals surface area contributed by atoms with Crippen molar-refractivity contribution in [2.45, 2.75) is 75.3 Å². The van der Waals surface area contributed by atoms with Gasteiger partial charge in [-0.05, 0) is 88.5 Å². The number of rotatable bonds is 7. The number of fused-ring (bicyclic) bond motifs is 3. The van der Waals surface area contributed by atoms with Crippen LogP contribution in [0.25, 0.3) is 32.9 Å². The fourth-order valence-corrected chi connectivity index (χ4v) is 8.66. The number of likely N-dealkylation sites (tertiary alicyclic amines) is 1. The van der Waals surface area contributed by atoms with Gasteiger partial charge in [0.1, 0.15) is 29.5 Å². The summed E-state index contributed by atoms with van der Waals surface area (Å²) >= 11 is 0. The molecule has 1 saturated heterocycles. The van der Waals surface area contributed by atoms with Crippen molar-refractivity contribution in [1.82, 2.24) is 19.9 Å². The maximum atomic E-state index is 17.1. The predicted octanol–water partition coefficient (Wildman–Crippen LogP) is 6.82. The van der Waals surface area contributed by atoms with E-state index in [1.165, 1.54) is 31.4 Å². The first-order chi connectivity index (χ1) is 23.1. The zero-order chi connectivity index (χ0) is 33.8. The van der Waals surface area contributed by atoms with E-state index < -0.39 is 29.8 Å². The van der Waals surface area contributed by atoms with E-state index >= 15 is 4.39 Å². The van der Waals surface area contributed by atoms with Gasteiger partial charge in [-0.2, -0.15) is 9.97 Å². The molecule has 3 fully saturated rings. The quantitative estimate of drug-likeness (QED) is 0.209. The number of ether oxygens (including phenoxy) is 2. The fourth-order valence-electron chi connectivity index (χ4n) is 8.66. The molecule has 2 aromatic carbocycles. The van der Waals surface area contributed by atoms with Gasteiger partial charge in [0.15, 0.2) is 5.82 Å². The number of terminal acetylenes is 1. The number of phenols is 1. The number of aromatic hydroxyl groups is 1. The fraction of sp³-hybridized carbons (Fsp3) is 0.486. The molecular weight excluding hydrogens is 621 g/mol. The highest BCUT2D eigenvalue weighted by molar-refractivity contribution is 6.03. The van der Waals surface area contributed by atoms with E-state index in [1.807, 2.05) is 0 Å². The standard InChI is InChI=1S/C37H39F3N4O4/c1-4-24-26(39)11-10-21-16-23(45)17-25(28(21)24)32-30(40)33-29(34(41-32)47-3)31(22-8-5-14-37(46,18-22)19-38)42-35(43-33)48-20-36-12-6-9-27(36)44(2)15-7-13-36/h1,10-11,16-17,22,27,45-46H,5-9,12-15,18-20H2,2-3H3/t22?,27-,36-,37-/m1/s1. The first-order valence-electron chi connectivity index (χ1n) is 16.6. The zero-order valence-electron chi connectivity index (χ0n) is 27.2. The third-order valence-corrected chi connectivity index (χ3v) is 10.9. The number of alkyl halides is 1. The Morgan fingerprint density at radius 3 is 2.62 bits per heavy atom. The summed E-state index contributed by atoms with van der Waals surface area (Å²) in [6, 6.07) is 5.66. The second-order valence-corrected chi connectivity index (χ2v) is 13.9. The first kappa shape index (κ1) is 32.4. The van der Waals surface area contributed by atoms with Crippen LogP contribution in [0.2, 0.25) is 0 Å². The summed E-state index contributed by atoms with van der Waals surface area (Å²) in [5.41, 5.74) is -1.73. The highest BCUT2D eigenvalue weighted by Gasteiger charge is 2.47. The lowest BCUT2D eigenvalue weighted by Gasteiger charge is -2.44. The van der Waals surface area contributed by atoms with Crippen molar-refractivity contribution in [3.05, 3.63) is 47.2 Å². The largest absolute Gasteiger partial charge is 0.508 e. The van der Waals surface area contributed by atoms with Gasteiger partial charge in [0, 0.05) is 28.3 Å². The molecule has 1 unspecified atom stereocenters. The number of pyridine rings is 1. The maximum Gasteiger partial charge on any atom is 0.317 e. The van der Waals surface area contributed by atoms with Gasteiger partial charge in [-0.25, -0.2) is 18.2 Å². The number of phenolic OH excluding ortho intramolecular Hbond substituents is 1. The molecule has 2 aromatic heterocycles. The van der Waals surface area contributed by atoms with Gasteiger partial charge in [0.2, 0.25) is 5.88 Å². The number of benzene rings is 2. The van der Waals surface area contributed by atoms with E-state index in [9.17, 15) is 19.0 Å². The zero-order valence-corrected chi connectivity index (χ0v) is 27.2. The van der Waals surface area contributed by atoms with E-state index in [4.69, 9.17) is 20.9 Å². The van der Waals surface area contributed by atoms with Crippen LogP contribution in [0.15, 0.2) is 24.3 Å². The summed E-state index contributed by atoms with van der Waals surface area (Å²) in [5.74, 6) is 0.125. The van der Waals surface area contributed by atoms with E-state index in [0.29, 0.717) is 43.0 Å². The van der Waals surface area contributed by atoms with Crippen LogP contribution in [0.5, 0.6) is 17.6 Å². The van der Waals surface area contributed by atoms with Crippen LogP contribution in [0.4, 0.5) is 13.2 Å². The highest BCUT2D eigenvalue weighted by Crippen LogP contribution is 2.48. The molecule has 4 atom stereocenters. The molecule has 3 aliphatic rings. The van der Waals surface area contributed by atoms with Gasteiger partial charge >= 0.3 is 6.01 Å². The first-order valence-corrected chi connectivity index (χ1v) is 16.6. The molecule has 252 valence electrons. The molecule has 2 N–H and O–H groups in total. The molecule has 7 rings (SSSR count). The van der Waals surface area contributed by atoms with Gasteiger partial charge in [-0.3, -0.25) is 0 Å². The number of aromatic nitrogens is 3. The van der Waals surface area contributed by atoms with Crippen LogP contribution in [0.3, 0.4) is 0 Å². The predicted molar refractivity (Wildman–Crippen MR) is 176 cm³/mol. The molecule has 0 spiro atoms. The second kappa shape index (κ2) is 12.4. The molecule has 3 heterocycles. The lowest BCUT2D eigenvalue weighted by molar-refractivity contribution is -0.0240. The molecule has 2 saturated carbocycles. The van der Waals surface area contributed by atoms with E-state index in [1.54, 1.807) is 0 Å². The minimum atomic E-state index is -1.54. The van der Waals surface area contributed by atoms with Gasteiger partial charge in [0.05, 0.1) is 36.0 Å². The second-order valence-electron chi connectivity index (χ2n) is 13.9. The van der Waals surface area contributed by atoms with Crippen LogP contribution < -0.4 is 9.47 Å². The Kier molecular flexibility index (Phi) is 8.36. The molecular formula is C37H39F3N4O4. The smallest absolute Gasteiger partial charge is 0.317 e. The van der Waals surface area contributed by atoms with Crippen LogP contribution in [-0.2, 0) is 0 Å². The molecule has 4 aromatic rings. The lowest BCUT2D eigenvalue weighted by atomic mass is 9.76. The number of nitrogens with zero attached hydrogens (tertiary/aromatic N) is 4. The maximum absolute atomic E-state index is 17.1. The van der Waals surface area contributed by atoms with Crippen LogP contribution in [0, 0.1) is 29.4 Å². The van der Waals surface area contributed by atoms with Gasteiger partial charge in [-0.1, -0.05) is 18.4 Å². The van der Waals surface area contributed by atoms with E-state index in [-0.39, 0.29) is 62.6 Å². The molecule has 0 bridgehead atoms. The monoisotopic (exact) mass is 660 g/mol. The Hall–Kier alpha value is -4.14. The Balaban J connectivity index is 1.43. The Morgan fingerprint density at radius 1 is 1.06 bits per heavy atom. The van der Waals surface area contributed by atoms with Crippen molar-refractivity contribution in [3.8, 4) is 41.2 Å². The van der Waals surface area contributed by atoms with E-state index in [0.717, 1.165) is 38.6 Å². The SMILES string of the molecule is C#Cc1c(F)ccc2cc(O)cc(-c3nc(OC)c4c(C5CCC[C@](O)(CF)C5)nc(OC[C@]56CCC[C@H]5N(C)CCC6)nc4c3F)c12. The van der Waals surface area contributed by atoms with Crippen molar-refractivity contribution < 1.29 is 32.9 Å². The number of hydrogen-bond acceptors (Lipinski definition) is 8. The summed E-state index contributed by atoms with van der Waals surface area (Å²) in [6.07, 6.45) is 12.4. The molecule has 0 radical (unpaired) electrons. The molecule has 8 nitrogen and oxygen atoms in total. The Morgan fingerprint density at radius 2 is 1.85 bits per heavy atom. The van der Waals surface area contributed by atoms with Crippen LogP contribution in [0.1, 0.15) is 75.0 Å². The summed E-state index contributed by atoms with van der Waals surface area (Å²) in [6.45, 7) is 0.461. The summed E-state index contributed by atoms with van der Waals surface area (Å²) in [4.78, 5) is 16.3. The van der Waals surface area contributed by atoms with Crippen molar-refractivity contribution in [3.63, 3.8) is 0 Å². The number of aliphatic hydroxyl groups is 1. The van der Waals surface area contributed by atoms with Crippen LogP contribution in [-0.4, -0.2) is 75.7 Å². The Labute approximate surface area is 277 Å². The van der Waals surface area contributed by atoms with Gasteiger partial charge < -0.3 is 24.6 Å². The minimum absolute atomic E-state index is 0.0178. The lowest BCUT2D eigenvalue weighted by Crippen LogP contribution is -2.50. The topological polar surface area (TPSA) is 101 Å². The summed E-state index contributed by atoms with van der Waals surface area (Å²) in [7, 11) is 3.52. The van der Waals surface area contributed by atoms with Crippen molar-refractivity contribution in [1.29, 1.82) is 0 Å². The molecule has 11 heteroatoms. The Bertz CT molecular complexity index is 1950. The molecule has 48 heavy (non-hydrogen) atoms. The molecule has 0 amide bonds. The third kappa shape index (κ3) is 5.39. The minimum Gasteiger partial charge on any atom is -0.508 e. The third-order valence-electron chi connectivity index (χ3n) is 10.9. The van der Waals surface area contributed by atoms with Crippen LogP contribution >= 0.6 is 0 Å². The number of halogens is 3. The number of hydrogen-bond donors (Lipinski definition) is 2. The van der Waals surface area contributed by atoms with Crippen molar-refractivity contribution >= 4 is 21.7 Å². The summed E-state index contributed by atoms with van der Waals surface area (Å²) in [5, 5.41) is 22.4. The van der Waals surface area contributed by atoms with Crippen molar-refractivity contribution in [2.24, 2.45) is 5.41 Å². The summed E-state index contributed by atoms with van der Waals surface area (Å²) < 4.78 is 58.2. The van der Waals surface area contributed by atoms with Gasteiger partial charge in [0.25, 0.3) is 0 Å². The average Bonchev–Trinajstić information content (AvgIpc) is 3.53. The van der Waals surface area contributed by atoms with Gasteiger partial charge in [-0.15, -0.1) is 6.42 Å². The molecule has 2 aliphatic carbocycles. The number of piperidine rings is 1. The highest BCUT2D eigenvalue weighted by atomic mass is 19.1. The number of methoxy groups -OCH3 is 1. The molecule has 1 aliphatic heterocycles. The van der Waals surface area contributed by atoms with E-state index in [2.05, 4.69) is 27.8 Å². The normalized spacial score (nSPS) is 26.0.